The summed E-state index contributed by atoms with van der Waals surface area (Å²) in [5.41, 5.74) is 0.918. The van der Waals surface area contributed by atoms with Gasteiger partial charge in [-0.3, -0.25) is 9.59 Å². The van der Waals surface area contributed by atoms with E-state index in [9.17, 15) is 9.59 Å². The maximum atomic E-state index is 12.3. The molecule has 1 aromatic heterocycles. The molecule has 3 rings (SSSR count). The van der Waals surface area contributed by atoms with Gasteiger partial charge in [-0.2, -0.15) is 4.98 Å². The summed E-state index contributed by atoms with van der Waals surface area (Å²) in [4.78, 5) is 36.2. The fourth-order valence-corrected chi connectivity index (χ4v) is 4.45. The summed E-state index contributed by atoms with van der Waals surface area (Å²) in [6.07, 6.45) is 5.87. The number of ketones is 1. The van der Waals surface area contributed by atoms with E-state index < -0.39 is 0 Å². The third-order valence-electron chi connectivity index (χ3n) is 5.67. The first-order valence-electron chi connectivity index (χ1n) is 11.4. The molecule has 1 aliphatic carbocycles. The molecular formula is C25H33N5O2S. The van der Waals surface area contributed by atoms with Gasteiger partial charge < -0.3 is 15.5 Å². The number of nitrogens with zero attached hydrogens (tertiary/aromatic N) is 3. The van der Waals surface area contributed by atoms with Crippen molar-refractivity contribution in [1.29, 1.82) is 0 Å². The Morgan fingerprint density at radius 1 is 1.12 bits per heavy atom. The molecule has 0 aliphatic heterocycles. The van der Waals surface area contributed by atoms with Crippen molar-refractivity contribution in [2.24, 2.45) is 0 Å². The topological polar surface area (TPSA) is 87.2 Å². The number of aromatic nitrogens is 2. The Labute approximate surface area is 200 Å². The summed E-state index contributed by atoms with van der Waals surface area (Å²) in [7, 11) is 3.97. The van der Waals surface area contributed by atoms with Crippen molar-refractivity contribution in [3.05, 3.63) is 47.2 Å². The molecule has 8 heteroatoms. The number of anilines is 2. The van der Waals surface area contributed by atoms with Crippen LogP contribution in [0.4, 0.5) is 11.8 Å². The Bertz CT molecular complexity index is 1030. The summed E-state index contributed by atoms with van der Waals surface area (Å²) >= 11 is 1.30. The van der Waals surface area contributed by atoms with Crippen LogP contribution in [0.15, 0.2) is 47.2 Å². The zero-order valence-corrected chi connectivity index (χ0v) is 20.5. The summed E-state index contributed by atoms with van der Waals surface area (Å²) in [5, 5.41) is 9.42. The van der Waals surface area contributed by atoms with Crippen LogP contribution in [-0.4, -0.2) is 47.8 Å². The average Bonchev–Trinajstić information content (AvgIpc) is 2.81. The Hall–Kier alpha value is -2.87. The van der Waals surface area contributed by atoms with E-state index in [1.54, 1.807) is 0 Å². The lowest BCUT2D eigenvalue weighted by Gasteiger charge is -2.30. The highest BCUT2D eigenvalue weighted by Gasteiger charge is 2.23. The number of benzene rings is 1. The van der Waals surface area contributed by atoms with Crippen molar-refractivity contribution in [3.8, 4) is 0 Å². The molecule has 2 aromatic rings. The number of allylic oxidation sites excluding steroid dienone is 2. The number of hydrogen-bond donors (Lipinski definition) is 2. The molecule has 0 unspecified atom stereocenters. The molecule has 1 aliphatic rings. The van der Waals surface area contributed by atoms with Crippen molar-refractivity contribution in [1.82, 2.24) is 15.3 Å². The van der Waals surface area contributed by atoms with Crippen LogP contribution < -0.4 is 15.5 Å². The molecule has 7 nitrogen and oxygen atoms in total. The Balaban J connectivity index is 1.47. The standard InChI is InChI=1S/C25H33N5O2S/c1-5-16-33-17(2)22(31)14-15-23(32)26-18-10-12-19(13-11-18)27-25-28-21-9-7-6-8-20(21)24(29-25)30(3)4/h5-9,16,18-19H,2,10-15H2,1,3-4H3,(H,26,32)(H,27,28,29)/b16-5-/t18-,19+. The molecule has 1 amide bonds. The van der Waals surface area contributed by atoms with Gasteiger partial charge in [-0.15, -0.1) is 0 Å². The molecule has 0 spiro atoms. The van der Waals surface area contributed by atoms with Crippen molar-refractivity contribution in [2.45, 2.75) is 57.5 Å². The zero-order valence-electron chi connectivity index (χ0n) is 19.6. The van der Waals surface area contributed by atoms with Gasteiger partial charge in [0.25, 0.3) is 0 Å². The van der Waals surface area contributed by atoms with Gasteiger partial charge in [-0.05, 0) is 50.1 Å². The maximum absolute atomic E-state index is 12.3. The number of carbonyl (C=O) groups is 2. The molecule has 1 fully saturated rings. The number of thioether (sulfide) groups is 1. The van der Waals surface area contributed by atoms with Gasteiger partial charge >= 0.3 is 0 Å². The van der Waals surface area contributed by atoms with Gasteiger partial charge in [0.05, 0.1) is 5.52 Å². The van der Waals surface area contributed by atoms with Crippen molar-refractivity contribution in [2.75, 3.05) is 24.3 Å². The summed E-state index contributed by atoms with van der Waals surface area (Å²) < 4.78 is 0. The highest BCUT2D eigenvalue weighted by atomic mass is 32.2. The Morgan fingerprint density at radius 3 is 2.52 bits per heavy atom. The molecule has 33 heavy (non-hydrogen) atoms. The van der Waals surface area contributed by atoms with E-state index in [1.165, 1.54) is 11.8 Å². The van der Waals surface area contributed by atoms with E-state index >= 15 is 0 Å². The molecule has 1 heterocycles. The minimum Gasteiger partial charge on any atom is -0.362 e. The fraction of sp³-hybridized carbons (Fsp3) is 0.440. The van der Waals surface area contributed by atoms with Crippen LogP contribution >= 0.6 is 11.8 Å². The molecule has 0 saturated heterocycles. The number of carbonyl (C=O) groups excluding carboxylic acids is 2. The predicted molar refractivity (Wildman–Crippen MR) is 137 cm³/mol. The van der Waals surface area contributed by atoms with E-state index in [1.807, 2.05) is 61.7 Å². The van der Waals surface area contributed by atoms with Gasteiger partial charge in [-0.25, -0.2) is 4.98 Å². The van der Waals surface area contributed by atoms with Crippen LogP contribution in [0, 0.1) is 0 Å². The van der Waals surface area contributed by atoms with Crippen molar-refractivity contribution < 1.29 is 9.59 Å². The zero-order chi connectivity index (χ0) is 23.8. The lowest BCUT2D eigenvalue weighted by Crippen LogP contribution is -2.40. The monoisotopic (exact) mass is 467 g/mol. The predicted octanol–water partition coefficient (Wildman–Crippen LogP) is 4.66. The van der Waals surface area contributed by atoms with Gasteiger partial charge in [0, 0.05) is 49.3 Å². The van der Waals surface area contributed by atoms with Gasteiger partial charge in [0.15, 0.2) is 5.78 Å². The molecule has 0 atom stereocenters. The first-order valence-corrected chi connectivity index (χ1v) is 12.2. The molecule has 0 radical (unpaired) electrons. The first-order chi connectivity index (χ1) is 15.9. The van der Waals surface area contributed by atoms with Crippen molar-refractivity contribution in [3.63, 3.8) is 0 Å². The van der Waals surface area contributed by atoms with Crippen LogP contribution in [0.25, 0.3) is 10.9 Å². The van der Waals surface area contributed by atoms with Crippen molar-refractivity contribution >= 4 is 46.1 Å². The van der Waals surface area contributed by atoms with E-state index in [-0.39, 0.29) is 36.6 Å². The number of rotatable bonds is 10. The summed E-state index contributed by atoms with van der Waals surface area (Å²) in [6.45, 7) is 5.66. The number of para-hydroxylation sites is 1. The second kappa shape index (κ2) is 11.8. The second-order valence-electron chi connectivity index (χ2n) is 8.48. The Kier molecular flexibility index (Phi) is 8.88. The van der Waals surface area contributed by atoms with Gasteiger partial charge in [-0.1, -0.05) is 36.5 Å². The number of Topliss-reactive ketones (excluding diaryl/α,β-unsaturated/α-hetero) is 1. The largest absolute Gasteiger partial charge is 0.362 e. The molecular weight excluding hydrogens is 434 g/mol. The smallest absolute Gasteiger partial charge is 0.225 e. The minimum atomic E-state index is -0.0753. The normalized spacial score (nSPS) is 18.3. The van der Waals surface area contributed by atoms with Crippen LogP contribution in [-0.2, 0) is 9.59 Å². The number of amides is 1. The average molecular weight is 468 g/mol. The SMILES string of the molecule is C=C(S/C=C\C)C(=O)CCC(=O)N[C@H]1CC[C@@H](Nc2nc(N(C)C)c3ccccc3n2)CC1. The van der Waals surface area contributed by atoms with E-state index in [0.29, 0.717) is 10.9 Å². The third-order valence-corrected chi connectivity index (χ3v) is 6.59. The molecule has 1 saturated carbocycles. The van der Waals surface area contributed by atoms with Gasteiger partial charge in [0.1, 0.15) is 5.82 Å². The first kappa shape index (κ1) is 24.8. The summed E-state index contributed by atoms with van der Waals surface area (Å²) in [5.74, 6) is 1.38. The number of nitrogens with one attached hydrogen (secondary N) is 2. The van der Waals surface area contributed by atoms with E-state index in [2.05, 4.69) is 22.2 Å². The second-order valence-corrected chi connectivity index (χ2v) is 9.48. The van der Waals surface area contributed by atoms with Crippen LogP contribution in [0.5, 0.6) is 0 Å². The molecule has 2 N–H and O–H groups in total. The van der Waals surface area contributed by atoms with Crippen LogP contribution in [0.2, 0.25) is 0 Å². The molecule has 1 aromatic carbocycles. The molecule has 0 bridgehead atoms. The van der Waals surface area contributed by atoms with Gasteiger partial charge in [0.2, 0.25) is 11.9 Å². The lowest BCUT2D eigenvalue weighted by atomic mass is 9.91. The van der Waals surface area contributed by atoms with E-state index in [0.717, 1.165) is 42.4 Å². The fourth-order valence-electron chi connectivity index (χ4n) is 3.91. The highest BCUT2D eigenvalue weighted by Crippen LogP contribution is 2.26. The molecule has 176 valence electrons. The van der Waals surface area contributed by atoms with E-state index in [4.69, 9.17) is 4.98 Å². The minimum absolute atomic E-state index is 0.0721. The van der Waals surface area contributed by atoms with Crippen LogP contribution in [0.3, 0.4) is 0 Å². The lowest BCUT2D eigenvalue weighted by molar-refractivity contribution is -0.124. The quantitative estimate of drug-likeness (QED) is 0.491. The highest BCUT2D eigenvalue weighted by molar-refractivity contribution is 8.06. The van der Waals surface area contributed by atoms with Crippen LogP contribution in [0.1, 0.15) is 45.4 Å². The third kappa shape index (κ3) is 7.05. The number of hydrogen-bond acceptors (Lipinski definition) is 7. The Morgan fingerprint density at radius 2 is 1.82 bits per heavy atom. The summed E-state index contributed by atoms with van der Waals surface area (Å²) in [6, 6.07) is 8.42. The number of fused-ring (bicyclic) bond motifs is 1. The maximum Gasteiger partial charge on any atom is 0.225 e.